The summed E-state index contributed by atoms with van der Waals surface area (Å²) in [6.45, 7) is 0. The number of benzene rings is 1. The van der Waals surface area contributed by atoms with Crippen molar-refractivity contribution in [2.45, 2.75) is 6.43 Å². The van der Waals surface area contributed by atoms with Crippen molar-refractivity contribution in [3.63, 3.8) is 0 Å². The number of rotatable bonds is 2. The molecule has 0 amide bonds. The number of alkyl halides is 2. The molecular formula is C11H7F2IN2O2. The maximum absolute atomic E-state index is 12.4. The van der Waals surface area contributed by atoms with E-state index in [1.807, 2.05) is 0 Å². The number of aromatic nitrogens is 2. The highest BCUT2D eigenvalue weighted by molar-refractivity contribution is 14.1. The normalized spacial score (nSPS) is 10.9. The van der Waals surface area contributed by atoms with Crippen molar-refractivity contribution in [3.05, 3.63) is 43.8 Å². The molecule has 7 heteroatoms. The van der Waals surface area contributed by atoms with Crippen LogP contribution in [-0.2, 0) is 0 Å². The Morgan fingerprint density at radius 1 is 1.28 bits per heavy atom. The highest BCUT2D eigenvalue weighted by Gasteiger charge is 2.10. The van der Waals surface area contributed by atoms with Crippen molar-refractivity contribution >= 4 is 22.6 Å². The Morgan fingerprint density at radius 2 is 1.89 bits per heavy atom. The smallest absolute Gasteiger partial charge is 0.268 e. The minimum absolute atomic E-state index is 0.0838. The highest BCUT2D eigenvalue weighted by atomic mass is 127. The molecule has 94 valence electrons. The predicted octanol–water partition coefficient (Wildman–Crippen LogP) is 2.68. The van der Waals surface area contributed by atoms with Gasteiger partial charge in [0.15, 0.2) is 0 Å². The Balaban J connectivity index is 2.46. The Hall–Kier alpha value is -1.51. The average Bonchev–Trinajstić information content (AvgIpc) is 2.35. The monoisotopic (exact) mass is 364 g/mol. The lowest BCUT2D eigenvalue weighted by molar-refractivity contribution is 0.151. The quantitative estimate of drug-likeness (QED) is 0.806. The minimum atomic E-state index is -2.55. The van der Waals surface area contributed by atoms with E-state index in [-0.39, 0.29) is 20.8 Å². The lowest BCUT2D eigenvalue weighted by Gasteiger charge is -2.04. The molecule has 0 aliphatic rings. The van der Waals surface area contributed by atoms with Crippen molar-refractivity contribution in [3.8, 4) is 17.3 Å². The molecule has 2 aromatic rings. The molecule has 1 aromatic heterocycles. The predicted molar refractivity (Wildman–Crippen MR) is 69.6 cm³/mol. The summed E-state index contributed by atoms with van der Waals surface area (Å²) in [5.74, 6) is -0.244. The maximum atomic E-state index is 12.4. The first kappa shape index (κ1) is 12.9. The number of aromatic hydroxyl groups is 1. The number of aromatic amines is 1. The van der Waals surface area contributed by atoms with E-state index in [1.165, 1.54) is 24.3 Å². The second-order valence-corrected chi connectivity index (χ2v) is 4.55. The average molecular weight is 364 g/mol. The van der Waals surface area contributed by atoms with E-state index in [1.54, 1.807) is 22.6 Å². The summed E-state index contributed by atoms with van der Waals surface area (Å²) >= 11 is 1.66. The van der Waals surface area contributed by atoms with Gasteiger partial charge >= 0.3 is 0 Å². The molecule has 0 atom stereocenters. The van der Waals surface area contributed by atoms with Gasteiger partial charge in [0, 0.05) is 11.1 Å². The first-order valence-corrected chi connectivity index (χ1v) is 5.94. The van der Waals surface area contributed by atoms with Crippen molar-refractivity contribution in [2.75, 3.05) is 0 Å². The fraction of sp³-hybridized carbons (Fsp3) is 0.0909. The molecular weight excluding hydrogens is 357 g/mol. The fourth-order valence-corrected chi connectivity index (χ4v) is 1.63. The fourth-order valence-electron chi connectivity index (χ4n) is 1.37. The summed E-state index contributed by atoms with van der Waals surface area (Å²) in [5.41, 5.74) is -0.143. The van der Waals surface area contributed by atoms with Gasteiger partial charge < -0.3 is 10.1 Å². The van der Waals surface area contributed by atoms with Gasteiger partial charge in [-0.1, -0.05) is 24.3 Å². The third-order valence-electron chi connectivity index (χ3n) is 2.28. The second-order valence-electron chi connectivity index (χ2n) is 3.47. The van der Waals surface area contributed by atoms with E-state index >= 15 is 0 Å². The van der Waals surface area contributed by atoms with Crippen LogP contribution in [0.15, 0.2) is 29.1 Å². The largest absolute Gasteiger partial charge is 0.492 e. The summed E-state index contributed by atoms with van der Waals surface area (Å²) < 4.78 is 24.8. The van der Waals surface area contributed by atoms with Gasteiger partial charge in [-0.2, -0.15) is 4.98 Å². The van der Waals surface area contributed by atoms with Crippen LogP contribution >= 0.6 is 22.6 Å². The first-order chi connectivity index (χ1) is 8.49. The number of hydrogen-bond acceptors (Lipinski definition) is 3. The lowest BCUT2D eigenvalue weighted by Crippen LogP contribution is -2.12. The first-order valence-electron chi connectivity index (χ1n) is 4.86. The van der Waals surface area contributed by atoms with Crippen molar-refractivity contribution in [1.29, 1.82) is 0 Å². The Kier molecular flexibility index (Phi) is 3.60. The SMILES string of the molecule is O=c1[nH]c(-c2ccc(C(F)F)cc2)nc(O)c1I. The minimum Gasteiger partial charge on any atom is -0.492 e. The summed E-state index contributed by atoms with van der Waals surface area (Å²) in [7, 11) is 0. The standard InChI is InChI=1S/C11H7F2IN2O2/c12-8(13)5-1-3-6(4-2-5)9-15-10(17)7(14)11(18)16-9/h1-4,8H,(H2,15,16,17,18). The number of halogens is 3. The zero-order valence-corrected chi connectivity index (χ0v) is 11.0. The van der Waals surface area contributed by atoms with E-state index in [4.69, 9.17) is 0 Å². The molecule has 1 aromatic carbocycles. The van der Waals surface area contributed by atoms with Gasteiger partial charge in [-0.05, 0) is 22.6 Å². The van der Waals surface area contributed by atoms with Crippen molar-refractivity contribution in [1.82, 2.24) is 9.97 Å². The lowest BCUT2D eigenvalue weighted by atomic mass is 10.1. The van der Waals surface area contributed by atoms with Gasteiger partial charge in [0.05, 0.1) is 0 Å². The van der Waals surface area contributed by atoms with Crippen LogP contribution in [0.4, 0.5) is 8.78 Å². The summed E-state index contributed by atoms with van der Waals surface area (Å²) in [6.07, 6.45) is -2.55. The van der Waals surface area contributed by atoms with Crippen molar-refractivity contribution in [2.24, 2.45) is 0 Å². The van der Waals surface area contributed by atoms with Crippen LogP contribution in [0.25, 0.3) is 11.4 Å². The molecule has 0 radical (unpaired) electrons. The molecule has 1 heterocycles. The van der Waals surface area contributed by atoms with Crippen LogP contribution < -0.4 is 5.56 Å². The number of nitrogens with zero attached hydrogens (tertiary/aromatic N) is 1. The number of hydrogen-bond donors (Lipinski definition) is 2. The third kappa shape index (κ3) is 2.50. The zero-order valence-electron chi connectivity index (χ0n) is 8.82. The summed E-state index contributed by atoms with van der Waals surface area (Å²) in [4.78, 5) is 17.7. The Bertz CT molecular complexity index is 626. The highest BCUT2D eigenvalue weighted by Crippen LogP contribution is 2.23. The molecule has 0 fully saturated rings. The van der Waals surface area contributed by atoms with Crippen molar-refractivity contribution < 1.29 is 13.9 Å². The Morgan fingerprint density at radius 3 is 2.39 bits per heavy atom. The van der Waals surface area contributed by atoms with Gasteiger partial charge in [0.25, 0.3) is 12.0 Å². The van der Waals surface area contributed by atoms with E-state index in [0.717, 1.165) is 0 Å². The molecule has 0 bridgehead atoms. The number of nitrogens with one attached hydrogen (secondary N) is 1. The summed E-state index contributed by atoms with van der Waals surface area (Å²) in [6, 6.07) is 5.31. The van der Waals surface area contributed by atoms with Gasteiger partial charge in [-0.15, -0.1) is 0 Å². The molecule has 18 heavy (non-hydrogen) atoms. The van der Waals surface area contributed by atoms with E-state index in [2.05, 4.69) is 9.97 Å². The molecule has 0 saturated heterocycles. The van der Waals surface area contributed by atoms with Crippen LogP contribution in [0, 0.1) is 3.57 Å². The van der Waals surface area contributed by atoms with Crippen LogP contribution in [0.2, 0.25) is 0 Å². The van der Waals surface area contributed by atoms with Gasteiger partial charge in [0.1, 0.15) is 9.39 Å². The number of H-pyrrole nitrogens is 1. The van der Waals surface area contributed by atoms with Gasteiger partial charge in [-0.25, -0.2) is 8.78 Å². The molecule has 0 aliphatic heterocycles. The van der Waals surface area contributed by atoms with Crippen LogP contribution in [-0.4, -0.2) is 15.1 Å². The van der Waals surface area contributed by atoms with E-state index in [0.29, 0.717) is 5.56 Å². The molecule has 2 rings (SSSR count). The molecule has 0 spiro atoms. The second kappa shape index (κ2) is 5.01. The maximum Gasteiger partial charge on any atom is 0.268 e. The molecule has 2 N–H and O–H groups in total. The third-order valence-corrected chi connectivity index (χ3v) is 3.25. The van der Waals surface area contributed by atoms with Crippen LogP contribution in [0.3, 0.4) is 0 Å². The summed E-state index contributed by atoms with van der Waals surface area (Å²) in [5, 5.41) is 9.43. The Labute approximate surface area is 114 Å². The molecule has 0 aliphatic carbocycles. The molecule has 0 unspecified atom stereocenters. The topological polar surface area (TPSA) is 66.0 Å². The molecule has 0 saturated carbocycles. The van der Waals surface area contributed by atoms with E-state index < -0.39 is 12.0 Å². The van der Waals surface area contributed by atoms with Crippen LogP contribution in [0.5, 0.6) is 5.88 Å². The van der Waals surface area contributed by atoms with Crippen LogP contribution in [0.1, 0.15) is 12.0 Å². The zero-order chi connectivity index (χ0) is 13.3. The molecule has 4 nitrogen and oxygen atoms in total. The van der Waals surface area contributed by atoms with Gasteiger partial charge in [-0.3, -0.25) is 4.79 Å². The van der Waals surface area contributed by atoms with E-state index in [9.17, 15) is 18.7 Å². The van der Waals surface area contributed by atoms with Gasteiger partial charge in [0.2, 0.25) is 5.88 Å².